The van der Waals surface area contributed by atoms with E-state index in [0.717, 1.165) is 47.6 Å². The maximum absolute atomic E-state index is 13.0. The number of piperazine rings is 1. The van der Waals surface area contributed by atoms with Gasteiger partial charge in [0.05, 0.1) is 22.2 Å². The van der Waals surface area contributed by atoms with E-state index < -0.39 is 0 Å². The van der Waals surface area contributed by atoms with Gasteiger partial charge in [0, 0.05) is 43.6 Å². The van der Waals surface area contributed by atoms with Crippen molar-refractivity contribution in [2.75, 3.05) is 19.6 Å². The van der Waals surface area contributed by atoms with E-state index in [0.29, 0.717) is 19.7 Å². The Morgan fingerprint density at radius 1 is 1.32 bits per heavy atom. The minimum Gasteiger partial charge on any atom is -0.368 e. The third-order valence-electron chi connectivity index (χ3n) is 5.59. The smallest absolute Gasteiger partial charge is 0.252 e. The zero-order valence-electron chi connectivity index (χ0n) is 18.9. The zero-order valence-corrected chi connectivity index (χ0v) is 20.7. The molecule has 0 saturated carbocycles. The van der Waals surface area contributed by atoms with Crippen molar-refractivity contribution >= 4 is 31.8 Å². The van der Waals surface area contributed by atoms with Gasteiger partial charge in [-0.1, -0.05) is 38.4 Å². The highest BCUT2D eigenvalue weighted by atomic mass is 35.5. The van der Waals surface area contributed by atoms with Gasteiger partial charge in [-0.25, -0.2) is 0 Å². The van der Waals surface area contributed by atoms with E-state index in [9.17, 15) is 4.79 Å². The number of fused-ring (bicyclic) bond motifs is 1. The second-order valence-electron chi connectivity index (χ2n) is 7.97. The Balaban J connectivity index is 1.79. The molecule has 31 heavy (non-hydrogen) atoms. The molecule has 1 N–H and O–H groups in total. The standard InChI is InChI=1S/C24H32ClN4OP/c1-6-16(3)27-18(5)21(25)12-19(7-2)22-13-23(30)29-15-20(8-9-24(29)31-22)28-11-10-26-17(4)14-28/h6-9,12-13,15,17,24,26,31H,10-11,14H2,1-5H3/b16-6-,19-7+,21-12+,27-18+/t17-,24?/m0/s1. The average Bonchev–Trinajstić information content (AvgIpc) is 2.76. The van der Waals surface area contributed by atoms with Crippen molar-refractivity contribution in [1.29, 1.82) is 0 Å². The van der Waals surface area contributed by atoms with Crippen LogP contribution in [-0.2, 0) is 4.79 Å². The molecule has 0 radical (unpaired) electrons. The quantitative estimate of drug-likeness (QED) is 0.363. The van der Waals surface area contributed by atoms with E-state index in [-0.39, 0.29) is 11.7 Å². The van der Waals surface area contributed by atoms with Gasteiger partial charge in [-0.15, -0.1) is 0 Å². The van der Waals surface area contributed by atoms with Crippen LogP contribution in [0.3, 0.4) is 0 Å². The van der Waals surface area contributed by atoms with Crippen LogP contribution in [0.4, 0.5) is 0 Å². The molecule has 7 heteroatoms. The van der Waals surface area contributed by atoms with Crippen molar-refractivity contribution in [2.45, 2.75) is 46.4 Å². The predicted octanol–water partition coefficient (Wildman–Crippen LogP) is 4.88. The Labute approximate surface area is 192 Å². The molecule has 0 aliphatic carbocycles. The number of halogens is 1. The molecule has 1 saturated heterocycles. The van der Waals surface area contributed by atoms with Crippen LogP contribution in [0.1, 0.15) is 34.6 Å². The van der Waals surface area contributed by atoms with Crippen molar-refractivity contribution in [3.8, 4) is 0 Å². The second-order valence-corrected chi connectivity index (χ2v) is 9.80. The summed E-state index contributed by atoms with van der Waals surface area (Å²) < 4.78 is 0. The van der Waals surface area contributed by atoms with Gasteiger partial charge in [-0.05, 0) is 57.7 Å². The molecular formula is C24H32ClN4OP. The van der Waals surface area contributed by atoms with Gasteiger partial charge in [-0.2, -0.15) is 0 Å². The molecular weight excluding hydrogens is 427 g/mol. The molecule has 0 aromatic heterocycles. The summed E-state index contributed by atoms with van der Waals surface area (Å²) in [6, 6.07) is 0.448. The Morgan fingerprint density at radius 2 is 2.10 bits per heavy atom. The Bertz CT molecular complexity index is 941. The van der Waals surface area contributed by atoms with E-state index in [1.54, 1.807) is 6.08 Å². The number of carbonyl (C=O) groups excluding carboxylic acids is 1. The maximum atomic E-state index is 13.0. The lowest BCUT2D eigenvalue weighted by Crippen LogP contribution is -2.49. The molecule has 1 fully saturated rings. The number of hydrogen-bond donors (Lipinski definition) is 1. The fraction of sp³-hybridized carbons (Fsp3) is 0.417. The summed E-state index contributed by atoms with van der Waals surface area (Å²) in [5, 5.41) is 5.08. The van der Waals surface area contributed by atoms with Crippen LogP contribution in [0.2, 0.25) is 0 Å². The minimum absolute atomic E-state index is 0.0165. The molecule has 0 spiro atoms. The second kappa shape index (κ2) is 10.6. The predicted molar refractivity (Wildman–Crippen MR) is 134 cm³/mol. The fourth-order valence-electron chi connectivity index (χ4n) is 3.73. The van der Waals surface area contributed by atoms with Gasteiger partial charge < -0.3 is 15.1 Å². The zero-order chi connectivity index (χ0) is 22.5. The van der Waals surface area contributed by atoms with Crippen LogP contribution < -0.4 is 5.32 Å². The topological polar surface area (TPSA) is 47.9 Å². The lowest BCUT2D eigenvalue weighted by molar-refractivity contribution is -0.124. The molecule has 2 unspecified atom stereocenters. The van der Waals surface area contributed by atoms with Gasteiger partial charge in [0.15, 0.2) is 0 Å². The number of nitrogens with one attached hydrogen (secondary N) is 1. The lowest BCUT2D eigenvalue weighted by atomic mass is 10.1. The highest BCUT2D eigenvalue weighted by Crippen LogP contribution is 2.43. The first-order valence-electron chi connectivity index (χ1n) is 10.7. The monoisotopic (exact) mass is 458 g/mol. The molecule has 3 rings (SSSR count). The maximum Gasteiger partial charge on any atom is 0.252 e. The fourth-order valence-corrected chi connectivity index (χ4v) is 5.33. The Hall–Kier alpha value is -1.94. The SMILES string of the molecule is C\C=C(C)/N=C(C)/C(Cl)=C\C(=C/C)C1=CC(=O)N2C=C(N3CCN[C@@H](C)C3)C=CC2P1. The van der Waals surface area contributed by atoms with Gasteiger partial charge >= 0.3 is 0 Å². The highest BCUT2D eigenvalue weighted by Gasteiger charge is 2.30. The minimum atomic E-state index is 0.0165. The molecule has 3 aliphatic heterocycles. The van der Waals surface area contributed by atoms with Crippen LogP contribution in [0, 0.1) is 0 Å². The van der Waals surface area contributed by atoms with Gasteiger partial charge in [0.1, 0.15) is 0 Å². The normalized spacial score (nSPS) is 26.8. The summed E-state index contributed by atoms with van der Waals surface area (Å²) in [6.45, 7) is 12.8. The summed E-state index contributed by atoms with van der Waals surface area (Å²) in [7, 11) is 0.460. The average molecular weight is 459 g/mol. The molecule has 5 nitrogen and oxygen atoms in total. The van der Waals surface area contributed by atoms with E-state index in [2.05, 4.69) is 34.3 Å². The van der Waals surface area contributed by atoms with Crippen molar-refractivity contribution in [3.63, 3.8) is 0 Å². The highest BCUT2D eigenvalue weighted by molar-refractivity contribution is 7.44. The van der Waals surface area contributed by atoms with Crippen LogP contribution in [-0.4, -0.2) is 52.9 Å². The van der Waals surface area contributed by atoms with Crippen molar-refractivity contribution in [2.24, 2.45) is 4.99 Å². The Morgan fingerprint density at radius 3 is 2.77 bits per heavy atom. The molecule has 3 heterocycles. The van der Waals surface area contributed by atoms with E-state index in [4.69, 9.17) is 11.6 Å². The first-order chi connectivity index (χ1) is 14.8. The number of amides is 1. The van der Waals surface area contributed by atoms with Crippen LogP contribution in [0.15, 0.2) is 75.0 Å². The van der Waals surface area contributed by atoms with Gasteiger partial charge in [0.25, 0.3) is 5.91 Å². The molecule has 3 aliphatic rings. The summed E-state index contributed by atoms with van der Waals surface area (Å²) >= 11 is 6.52. The summed E-state index contributed by atoms with van der Waals surface area (Å²) in [5.74, 6) is 0.0709. The first-order valence-corrected chi connectivity index (χ1v) is 12.2. The van der Waals surface area contributed by atoms with E-state index in [1.807, 2.05) is 57.0 Å². The number of allylic oxidation sites excluding steroid dienone is 8. The van der Waals surface area contributed by atoms with E-state index >= 15 is 0 Å². The molecule has 0 aromatic rings. The number of aliphatic imine (C=N–C) groups is 1. The number of nitrogens with zero attached hydrogens (tertiary/aromatic N) is 3. The number of rotatable bonds is 5. The molecule has 0 aromatic carbocycles. The third kappa shape index (κ3) is 5.85. The lowest BCUT2D eigenvalue weighted by Gasteiger charge is -2.39. The third-order valence-corrected chi connectivity index (χ3v) is 7.48. The molecule has 1 amide bonds. The molecule has 3 atom stereocenters. The summed E-state index contributed by atoms with van der Waals surface area (Å²) in [5.41, 5.74) is 3.77. The Kier molecular flexibility index (Phi) is 8.10. The van der Waals surface area contributed by atoms with Gasteiger partial charge in [0.2, 0.25) is 0 Å². The number of hydrogen-bond acceptors (Lipinski definition) is 4. The van der Waals surface area contributed by atoms with Crippen molar-refractivity contribution in [3.05, 3.63) is 70.0 Å². The van der Waals surface area contributed by atoms with E-state index in [1.165, 1.54) is 0 Å². The van der Waals surface area contributed by atoms with Crippen molar-refractivity contribution < 1.29 is 4.79 Å². The molecule has 166 valence electrons. The number of carbonyl (C=O) groups is 1. The van der Waals surface area contributed by atoms with Crippen LogP contribution in [0.5, 0.6) is 0 Å². The first kappa shape index (κ1) is 23.7. The summed E-state index contributed by atoms with van der Waals surface area (Å²) in [4.78, 5) is 21.7. The van der Waals surface area contributed by atoms with Crippen molar-refractivity contribution in [1.82, 2.24) is 15.1 Å². The van der Waals surface area contributed by atoms with Gasteiger partial charge in [-0.3, -0.25) is 9.79 Å². The molecule has 0 bridgehead atoms. The van der Waals surface area contributed by atoms with Crippen LogP contribution >= 0.6 is 20.2 Å². The van der Waals surface area contributed by atoms with Crippen LogP contribution in [0.25, 0.3) is 0 Å². The summed E-state index contributed by atoms with van der Waals surface area (Å²) in [6.07, 6.45) is 14.0. The largest absolute Gasteiger partial charge is 0.368 e.